The molecule has 142 valence electrons. The van der Waals surface area contributed by atoms with E-state index in [1.54, 1.807) is 23.8 Å². The number of methoxy groups -OCH3 is 2. The van der Waals surface area contributed by atoms with Gasteiger partial charge in [-0.1, -0.05) is 30.0 Å². The number of nitrogens with zero attached hydrogens (tertiary/aromatic N) is 2. The lowest BCUT2D eigenvalue weighted by atomic mass is 10.2. The van der Waals surface area contributed by atoms with E-state index in [1.165, 1.54) is 24.9 Å². The molecule has 0 aliphatic heterocycles. The van der Waals surface area contributed by atoms with Crippen LogP contribution in [0.15, 0.2) is 52.4 Å². The summed E-state index contributed by atoms with van der Waals surface area (Å²) in [4.78, 5) is 17.5. The predicted octanol–water partition coefficient (Wildman–Crippen LogP) is 3.87. The van der Waals surface area contributed by atoms with Crippen LogP contribution < -0.4 is 10.3 Å². The van der Waals surface area contributed by atoms with Crippen molar-refractivity contribution in [2.24, 2.45) is 0 Å². The van der Waals surface area contributed by atoms with Gasteiger partial charge in [-0.2, -0.15) is 0 Å². The molecule has 0 bridgehead atoms. The first-order valence-corrected chi connectivity index (χ1v) is 9.56. The quantitative estimate of drug-likeness (QED) is 0.333. The minimum Gasteiger partial charge on any atom is -0.494 e. The smallest absolute Gasteiger partial charge is 0.262 e. The van der Waals surface area contributed by atoms with Gasteiger partial charge in [0.25, 0.3) is 5.56 Å². The largest absolute Gasteiger partial charge is 0.494 e. The highest BCUT2D eigenvalue weighted by molar-refractivity contribution is 7.98. The molecule has 27 heavy (non-hydrogen) atoms. The molecule has 0 unspecified atom stereocenters. The van der Waals surface area contributed by atoms with Crippen molar-refractivity contribution in [1.29, 1.82) is 0 Å². The molecule has 1 heterocycles. The van der Waals surface area contributed by atoms with Crippen LogP contribution in [0, 0.1) is 5.82 Å². The number of thioether (sulfide) groups is 1. The summed E-state index contributed by atoms with van der Waals surface area (Å²) in [5.74, 6) is 0.305. The zero-order chi connectivity index (χ0) is 19.2. The number of benzene rings is 2. The number of halogens is 1. The maximum atomic E-state index is 13.9. The average Bonchev–Trinajstić information content (AvgIpc) is 2.68. The number of hydrogen-bond acceptors (Lipinski definition) is 5. The van der Waals surface area contributed by atoms with Crippen molar-refractivity contribution in [1.82, 2.24) is 9.55 Å². The normalized spacial score (nSPS) is 11.1. The summed E-state index contributed by atoms with van der Waals surface area (Å²) in [5.41, 5.74) is 1.39. The number of fused-ring (bicyclic) bond motifs is 1. The van der Waals surface area contributed by atoms with Gasteiger partial charge in [0.1, 0.15) is 0 Å². The second kappa shape index (κ2) is 9.01. The van der Waals surface area contributed by atoms with Gasteiger partial charge in [-0.3, -0.25) is 9.36 Å². The van der Waals surface area contributed by atoms with Crippen LogP contribution in [0.1, 0.15) is 12.0 Å². The standard InChI is InChI=1S/C20H21FN2O3S/c1-25-11-5-10-23-19(24)15-6-3-4-7-17(15)22-20(23)27-13-14-8-9-18(26-2)16(21)12-14/h3-4,6-9,12H,5,10-11,13H2,1-2H3. The Balaban J connectivity index is 1.90. The molecule has 0 amide bonds. The number of para-hydroxylation sites is 1. The van der Waals surface area contributed by atoms with Crippen LogP contribution in [0.25, 0.3) is 10.9 Å². The van der Waals surface area contributed by atoms with Crippen molar-refractivity contribution in [2.75, 3.05) is 20.8 Å². The van der Waals surface area contributed by atoms with Gasteiger partial charge in [0.05, 0.1) is 18.0 Å². The van der Waals surface area contributed by atoms with Crippen LogP contribution >= 0.6 is 11.8 Å². The van der Waals surface area contributed by atoms with Crippen LogP contribution in [-0.4, -0.2) is 30.4 Å². The Labute approximate surface area is 161 Å². The van der Waals surface area contributed by atoms with Crippen LogP contribution in [0.5, 0.6) is 5.75 Å². The summed E-state index contributed by atoms with van der Waals surface area (Å²) >= 11 is 1.41. The van der Waals surface area contributed by atoms with Gasteiger partial charge in [-0.05, 0) is 36.2 Å². The zero-order valence-corrected chi connectivity index (χ0v) is 16.1. The molecule has 0 aliphatic carbocycles. The van der Waals surface area contributed by atoms with Crippen molar-refractivity contribution in [3.8, 4) is 5.75 Å². The first kappa shape index (κ1) is 19.4. The highest BCUT2D eigenvalue weighted by Crippen LogP contribution is 2.25. The van der Waals surface area contributed by atoms with Crippen molar-refractivity contribution in [2.45, 2.75) is 23.9 Å². The second-order valence-corrected chi connectivity index (χ2v) is 6.91. The maximum absolute atomic E-state index is 13.9. The summed E-state index contributed by atoms with van der Waals surface area (Å²) in [7, 11) is 3.07. The Morgan fingerprint density at radius 2 is 2.00 bits per heavy atom. The van der Waals surface area contributed by atoms with Gasteiger partial charge in [0.2, 0.25) is 0 Å². The van der Waals surface area contributed by atoms with Crippen LogP contribution in [0.3, 0.4) is 0 Å². The van der Waals surface area contributed by atoms with Gasteiger partial charge in [0.15, 0.2) is 16.7 Å². The lowest BCUT2D eigenvalue weighted by Gasteiger charge is -2.13. The highest BCUT2D eigenvalue weighted by atomic mass is 32.2. The summed E-state index contributed by atoms with van der Waals surface area (Å²) in [5, 5.41) is 1.21. The number of rotatable bonds is 8. The minimum atomic E-state index is -0.403. The Morgan fingerprint density at radius 3 is 2.74 bits per heavy atom. The van der Waals surface area contributed by atoms with Gasteiger partial charge in [0, 0.05) is 26.0 Å². The first-order chi connectivity index (χ1) is 13.1. The predicted molar refractivity (Wildman–Crippen MR) is 105 cm³/mol. The topological polar surface area (TPSA) is 53.4 Å². The first-order valence-electron chi connectivity index (χ1n) is 8.57. The fourth-order valence-electron chi connectivity index (χ4n) is 2.77. The molecule has 2 aromatic carbocycles. The highest BCUT2D eigenvalue weighted by Gasteiger charge is 2.12. The van der Waals surface area contributed by atoms with E-state index >= 15 is 0 Å². The van der Waals surface area contributed by atoms with E-state index in [1.807, 2.05) is 24.3 Å². The van der Waals surface area contributed by atoms with E-state index in [9.17, 15) is 9.18 Å². The molecule has 0 atom stereocenters. The van der Waals surface area contributed by atoms with Crippen LogP contribution in [0.4, 0.5) is 4.39 Å². The Bertz CT molecular complexity index is 991. The van der Waals surface area contributed by atoms with E-state index in [2.05, 4.69) is 4.98 Å². The summed E-state index contributed by atoms with van der Waals surface area (Å²) in [6.45, 7) is 1.08. The summed E-state index contributed by atoms with van der Waals surface area (Å²) < 4.78 is 25.6. The molecule has 0 radical (unpaired) electrons. The Kier molecular flexibility index (Phi) is 6.47. The molecule has 0 N–H and O–H groups in total. The zero-order valence-electron chi connectivity index (χ0n) is 15.3. The Hall–Kier alpha value is -2.38. The molecule has 0 saturated carbocycles. The number of hydrogen-bond donors (Lipinski definition) is 0. The molecule has 7 heteroatoms. The molecule has 0 aliphatic rings. The van der Waals surface area contributed by atoms with Crippen molar-refractivity contribution in [3.05, 3.63) is 64.2 Å². The van der Waals surface area contributed by atoms with Crippen molar-refractivity contribution in [3.63, 3.8) is 0 Å². The van der Waals surface area contributed by atoms with Gasteiger partial charge < -0.3 is 9.47 Å². The third-order valence-electron chi connectivity index (χ3n) is 4.14. The molecular formula is C20H21FN2O3S. The monoisotopic (exact) mass is 388 g/mol. The average molecular weight is 388 g/mol. The molecule has 1 aromatic heterocycles. The summed E-state index contributed by atoms with van der Waals surface area (Å²) in [6, 6.07) is 12.2. The van der Waals surface area contributed by atoms with Gasteiger partial charge in [-0.15, -0.1) is 0 Å². The third kappa shape index (κ3) is 4.48. The van der Waals surface area contributed by atoms with Crippen molar-refractivity contribution >= 4 is 22.7 Å². The summed E-state index contributed by atoms with van der Waals surface area (Å²) in [6.07, 6.45) is 0.709. The molecule has 0 saturated heterocycles. The van der Waals surface area contributed by atoms with Crippen LogP contribution in [-0.2, 0) is 17.0 Å². The molecule has 0 spiro atoms. The van der Waals surface area contributed by atoms with E-state index in [0.717, 1.165) is 5.56 Å². The van der Waals surface area contributed by atoms with Crippen molar-refractivity contribution < 1.29 is 13.9 Å². The number of aromatic nitrogens is 2. The minimum absolute atomic E-state index is 0.0693. The van der Waals surface area contributed by atoms with E-state index in [0.29, 0.717) is 41.4 Å². The lowest BCUT2D eigenvalue weighted by Crippen LogP contribution is -2.24. The third-order valence-corrected chi connectivity index (χ3v) is 5.19. The lowest BCUT2D eigenvalue weighted by molar-refractivity contribution is 0.189. The van der Waals surface area contributed by atoms with Crippen LogP contribution in [0.2, 0.25) is 0 Å². The fraction of sp³-hybridized carbons (Fsp3) is 0.300. The molecule has 5 nitrogen and oxygen atoms in total. The maximum Gasteiger partial charge on any atom is 0.262 e. The van der Waals surface area contributed by atoms with Gasteiger partial charge in [-0.25, -0.2) is 9.37 Å². The SMILES string of the molecule is COCCCn1c(SCc2ccc(OC)c(F)c2)nc2ccccc2c1=O. The number of ether oxygens (including phenoxy) is 2. The van der Waals surface area contributed by atoms with Gasteiger partial charge >= 0.3 is 0 Å². The second-order valence-electron chi connectivity index (χ2n) is 5.97. The molecular weight excluding hydrogens is 367 g/mol. The van der Waals surface area contributed by atoms with E-state index < -0.39 is 5.82 Å². The Morgan fingerprint density at radius 1 is 1.19 bits per heavy atom. The van der Waals surface area contributed by atoms with E-state index in [4.69, 9.17) is 9.47 Å². The molecule has 0 fully saturated rings. The molecule has 3 rings (SSSR count). The fourth-order valence-corrected chi connectivity index (χ4v) is 3.74. The molecule has 3 aromatic rings. The van der Waals surface area contributed by atoms with E-state index in [-0.39, 0.29) is 11.3 Å².